The van der Waals surface area contributed by atoms with Gasteiger partial charge in [0, 0.05) is 30.7 Å². The van der Waals surface area contributed by atoms with E-state index < -0.39 is 0 Å². The lowest BCUT2D eigenvalue weighted by Gasteiger charge is -2.36. The summed E-state index contributed by atoms with van der Waals surface area (Å²) in [4.78, 5) is 16.2. The van der Waals surface area contributed by atoms with E-state index in [0.29, 0.717) is 24.2 Å². The Labute approximate surface area is 165 Å². The molecule has 0 aliphatic carbocycles. The third kappa shape index (κ3) is 4.86. The van der Waals surface area contributed by atoms with E-state index >= 15 is 0 Å². The molecular formula is C20H27ClN2O4. The lowest BCUT2D eigenvalue weighted by atomic mass is 9.93. The molecule has 27 heavy (non-hydrogen) atoms. The van der Waals surface area contributed by atoms with Gasteiger partial charge < -0.3 is 19.1 Å². The second-order valence-corrected chi connectivity index (χ2v) is 8.04. The van der Waals surface area contributed by atoms with E-state index in [4.69, 9.17) is 25.8 Å². The Balaban J connectivity index is 1.19. The van der Waals surface area contributed by atoms with E-state index in [1.165, 1.54) is 12.8 Å². The number of fused-ring (bicyclic) bond motifs is 1. The van der Waals surface area contributed by atoms with Crippen molar-refractivity contribution in [3.8, 4) is 11.5 Å². The van der Waals surface area contributed by atoms with Gasteiger partial charge >= 0.3 is 0 Å². The Morgan fingerprint density at radius 3 is 2.81 bits per heavy atom. The molecule has 2 fully saturated rings. The van der Waals surface area contributed by atoms with Gasteiger partial charge in [-0.2, -0.15) is 0 Å². The number of amides is 1. The smallest absolute Gasteiger partial charge is 0.248 e. The molecule has 148 valence electrons. The van der Waals surface area contributed by atoms with Crippen molar-refractivity contribution in [3.05, 3.63) is 23.2 Å². The van der Waals surface area contributed by atoms with Crippen LogP contribution in [-0.4, -0.2) is 74.4 Å². The van der Waals surface area contributed by atoms with Crippen LogP contribution < -0.4 is 9.47 Å². The first-order valence-electron chi connectivity index (χ1n) is 9.84. The van der Waals surface area contributed by atoms with Crippen LogP contribution in [0.1, 0.15) is 19.3 Å². The molecule has 0 bridgehead atoms. The van der Waals surface area contributed by atoms with Crippen molar-refractivity contribution in [1.29, 1.82) is 0 Å². The number of morpholine rings is 1. The summed E-state index contributed by atoms with van der Waals surface area (Å²) in [5.74, 6) is 2.34. The SMILES string of the molecule is O=C1COCCN1CCC1CCN(CC2COc3ccc(Cl)cc3O2)CC1. The van der Waals surface area contributed by atoms with E-state index in [2.05, 4.69) is 4.90 Å². The van der Waals surface area contributed by atoms with Gasteiger partial charge in [0.15, 0.2) is 11.5 Å². The highest BCUT2D eigenvalue weighted by atomic mass is 35.5. The Morgan fingerprint density at radius 2 is 2.00 bits per heavy atom. The van der Waals surface area contributed by atoms with E-state index in [0.717, 1.165) is 50.6 Å². The maximum atomic E-state index is 11.8. The Hall–Kier alpha value is -1.50. The van der Waals surface area contributed by atoms with E-state index in [1.54, 1.807) is 0 Å². The highest BCUT2D eigenvalue weighted by Crippen LogP contribution is 2.34. The first-order chi connectivity index (χ1) is 13.2. The zero-order chi connectivity index (χ0) is 18.6. The fourth-order valence-corrected chi connectivity index (χ4v) is 4.21. The van der Waals surface area contributed by atoms with Gasteiger partial charge in [-0.25, -0.2) is 0 Å². The maximum absolute atomic E-state index is 11.8. The van der Waals surface area contributed by atoms with Crippen LogP contribution in [0, 0.1) is 5.92 Å². The second-order valence-electron chi connectivity index (χ2n) is 7.61. The lowest BCUT2D eigenvalue weighted by molar-refractivity contribution is -0.142. The first kappa shape index (κ1) is 18.8. The molecule has 1 amide bonds. The number of benzene rings is 1. The van der Waals surface area contributed by atoms with Crippen LogP contribution in [0.5, 0.6) is 11.5 Å². The predicted molar refractivity (Wildman–Crippen MR) is 103 cm³/mol. The standard InChI is InChI=1S/C20H27ClN2O4/c21-16-1-2-18-19(11-16)27-17(13-26-18)12-22-6-3-15(4-7-22)5-8-23-9-10-25-14-20(23)24/h1-2,11,15,17H,3-10,12-14H2. The van der Waals surface area contributed by atoms with Gasteiger partial charge in [-0.3, -0.25) is 9.69 Å². The fraction of sp³-hybridized carbons (Fsp3) is 0.650. The number of halogens is 1. The molecule has 0 N–H and O–H groups in total. The van der Waals surface area contributed by atoms with Crippen molar-refractivity contribution in [2.24, 2.45) is 5.92 Å². The van der Waals surface area contributed by atoms with Crippen LogP contribution in [0.15, 0.2) is 18.2 Å². The molecule has 7 heteroatoms. The minimum absolute atomic E-state index is 0.0403. The molecule has 1 atom stereocenters. The summed E-state index contributed by atoms with van der Waals surface area (Å²) in [6.07, 6.45) is 3.48. The molecule has 0 radical (unpaired) electrons. The molecule has 1 aromatic carbocycles. The summed E-state index contributed by atoms with van der Waals surface area (Å²) in [5.41, 5.74) is 0. The van der Waals surface area contributed by atoms with Crippen LogP contribution in [0.2, 0.25) is 5.02 Å². The highest BCUT2D eigenvalue weighted by molar-refractivity contribution is 6.30. The quantitative estimate of drug-likeness (QED) is 0.767. The van der Waals surface area contributed by atoms with Crippen molar-refractivity contribution < 1.29 is 19.0 Å². The van der Waals surface area contributed by atoms with E-state index in [9.17, 15) is 4.79 Å². The number of carbonyl (C=O) groups excluding carboxylic acids is 1. The van der Waals surface area contributed by atoms with Crippen LogP contribution in [0.25, 0.3) is 0 Å². The average molecular weight is 395 g/mol. The number of carbonyl (C=O) groups is 1. The summed E-state index contributed by atoms with van der Waals surface area (Å²) in [5, 5.41) is 0.664. The third-order valence-corrected chi connectivity index (χ3v) is 5.92. The van der Waals surface area contributed by atoms with Crippen molar-refractivity contribution in [2.75, 3.05) is 52.5 Å². The normalized spacial score (nSPS) is 24.3. The van der Waals surface area contributed by atoms with Crippen LogP contribution in [0.3, 0.4) is 0 Å². The maximum Gasteiger partial charge on any atom is 0.248 e. The highest BCUT2D eigenvalue weighted by Gasteiger charge is 2.27. The predicted octanol–water partition coefficient (Wildman–Crippen LogP) is 2.44. The first-order valence-corrected chi connectivity index (χ1v) is 10.2. The summed E-state index contributed by atoms with van der Waals surface area (Å²) in [6.45, 7) is 6.12. The minimum Gasteiger partial charge on any atom is -0.486 e. The number of hydrogen-bond donors (Lipinski definition) is 0. The van der Waals surface area contributed by atoms with Crippen LogP contribution in [0.4, 0.5) is 0 Å². The van der Waals surface area contributed by atoms with Crippen LogP contribution >= 0.6 is 11.6 Å². The van der Waals surface area contributed by atoms with Gasteiger partial charge in [0.05, 0.1) is 6.61 Å². The molecule has 4 rings (SSSR count). The molecule has 0 aromatic heterocycles. The average Bonchev–Trinajstić information content (AvgIpc) is 2.68. The van der Waals surface area contributed by atoms with Gasteiger partial charge in [-0.1, -0.05) is 11.6 Å². The van der Waals surface area contributed by atoms with Crippen molar-refractivity contribution in [3.63, 3.8) is 0 Å². The number of piperidine rings is 1. The van der Waals surface area contributed by atoms with E-state index in [-0.39, 0.29) is 18.6 Å². The molecule has 2 saturated heterocycles. The molecule has 3 aliphatic heterocycles. The fourth-order valence-electron chi connectivity index (χ4n) is 4.05. The Kier molecular flexibility index (Phi) is 6.05. The summed E-state index contributed by atoms with van der Waals surface area (Å²) in [7, 11) is 0. The van der Waals surface area contributed by atoms with Gasteiger partial charge in [-0.15, -0.1) is 0 Å². The number of nitrogens with zero attached hydrogens (tertiary/aromatic N) is 2. The molecule has 1 unspecified atom stereocenters. The van der Waals surface area contributed by atoms with Gasteiger partial charge in [-0.05, 0) is 50.4 Å². The Bertz CT molecular complexity index is 663. The molecule has 6 nitrogen and oxygen atoms in total. The lowest BCUT2D eigenvalue weighted by Crippen LogP contribution is -2.45. The largest absolute Gasteiger partial charge is 0.486 e. The zero-order valence-corrected chi connectivity index (χ0v) is 16.3. The molecule has 3 heterocycles. The molecule has 1 aromatic rings. The summed E-state index contributed by atoms with van der Waals surface area (Å²) < 4.78 is 17.1. The van der Waals surface area contributed by atoms with Crippen molar-refractivity contribution in [2.45, 2.75) is 25.4 Å². The number of likely N-dealkylation sites (tertiary alicyclic amines) is 1. The monoisotopic (exact) mass is 394 g/mol. The topological polar surface area (TPSA) is 51.2 Å². The number of hydrogen-bond acceptors (Lipinski definition) is 5. The number of rotatable bonds is 5. The second kappa shape index (κ2) is 8.67. The van der Waals surface area contributed by atoms with Gasteiger partial charge in [0.2, 0.25) is 5.91 Å². The molecule has 0 saturated carbocycles. The van der Waals surface area contributed by atoms with Crippen LogP contribution in [-0.2, 0) is 9.53 Å². The summed E-state index contributed by atoms with van der Waals surface area (Å²) >= 11 is 6.05. The molecular weight excluding hydrogens is 368 g/mol. The third-order valence-electron chi connectivity index (χ3n) is 5.68. The van der Waals surface area contributed by atoms with Crippen molar-refractivity contribution >= 4 is 17.5 Å². The zero-order valence-electron chi connectivity index (χ0n) is 15.6. The van der Waals surface area contributed by atoms with Gasteiger partial charge in [0.1, 0.15) is 19.3 Å². The number of ether oxygens (including phenoxy) is 3. The van der Waals surface area contributed by atoms with Gasteiger partial charge in [0.25, 0.3) is 0 Å². The molecule has 3 aliphatic rings. The summed E-state index contributed by atoms with van der Waals surface area (Å²) in [6, 6.07) is 5.50. The van der Waals surface area contributed by atoms with Crippen molar-refractivity contribution in [1.82, 2.24) is 9.80 Å². The Morgan fingerprint density at radius 1 is 1.15 bits per heavy atom. The van der Waals surface area contributed by atoms with E-state index in [1.807, 2.05) is 23.1 Å². The minimum atomic E-state index is 0.0403. The molecule has 0 spiro atoms.